The van der Waals surface area contributed by atoms with Crippen molar-refractivity contribution in [2.24, 2.45) is 5.92 Å². The van der Waals surface area contributed by atoms with Gasteiger partial charge in [0.25, 0.3) is 0 Å². The van der Waals surface area contributed by atoms with Crippen LogP contribution in [0, 0.1) is 23.1 Å². The predicted octanol–water partition coefficient (Wildman–Crippen LogP) is 2.47. The smallest absolute Gasteiger partial charge is 0.232 e. The van der Waals surface area contributed by atoms with E-state index >= 15 is 0 Å². The first-order chi connectivity index (χ1) is 13.2. The van der Waals surface area contributed by atoms with Crippen LogP contribution in [-0.2, 0) is 11.2 Å². The fraction of sp³-hybridized carbons (Fsp3) is 0.211. The average molecular weight is 362 g/mol. The van der Waals surface area contributed by atoms with E-state index in [0.717, 1.165) is 5.56 Å². The molecule has 7 nitrogen and oxygen atoms in total. The Hall–Kier alpha value is -3.60. The molecule has 0 spiro atoms. The van der Waals surface area contributed by atoms with E-state index in [1.807, 2.05) is 0 Å². The average Bonchev–Trinajstić information content (AvgIpc) is 3.30. The van der Waals surface area contributed by atoms with E-state index in [2.05, 4.69) is 20.2 Å². The summed E-state index contributed by atoms with van der Waals surface area (Å²) in [6.07, 6.45) is 4.37. The minimum absolute atomic E-state index is 0.00317. The van der Waals surface area contributed by atoms with E-state index in [-0.39, 0.29) is 17.4 Å². The summed E-state index contributed by atoms with van der Waals surface area (Å²) in [7, 11) is 0. The van der Waals surface area contributed by atoms with E-state index in [0.29, 0.717) is 36.7 Å². The summed E-state index contributed by atoms with van der Waals surface area (Å²) in [5.74, 6) is 0.0108. The SMILES string of the molecule is N#Cc1ccc(C[C@H]2CCN(c3nc(-c4ccncc4)n[nH]3)C2=O)cc1F. The molecule has 1 aromatic carbocycles. The third kappa shape index (κ3) is 3.27. The monoisotopic (exact) mass is 362 g/mol. The Morgan fingerprint density at radius 1 is 1.30 bits per heavy atom. The van der Waals surface area contributed by atoms with E-state index in [1.165, 1.54) is 12.1 Å². The third-order valence-corrected chi connectivity index (χ3v) is 4.62. The van der Waals surface area contributed by atoms with Crippen molar-refractivity contribution in [3.8, 4) is 17.5 Å². The quantitative estimate of drug-likeness (QED) is 0.769. The highest BCUT2D eigenvalue weighted by molar-refractivity contribution is 5.95. The molecular weight excluding hydrogens is 347 g/mol. The molecule has 3 heterocycles. The normalized spacial score (nSPS) is 16.5. The predicted molar refractivity (Wildman–Crippen MR) is 94.9 cm³/mol. The number of nitrogens with one attached hydrogen (secondary N) is 1. The minimum atomic E-state index is -0.561. The van der Waals surface area contributed by atoms with Crippen molar-refractivity contribution >= 4 is 11.9 Å². The zero-order valence-electron chi connectivity index (χ0n) is 14.3. The van der Waals surface area contributed by atoms with Gasteiger partial charge in [-0.05, 0) is 42.7 Å². The maximum absolute atomic E-state index is 13.8. The van der Waals surface area contributed by atoms with E-state index in [9.17, 15) is 9.18 Å². The number of hydrogen-bond acceptors (Lipinski definition) is 5. The molecule has 27 heavy (non-hydrogen) atoms. The Morgan fingerprint density at radius 3 is 2.85 bits per heavy atom. The molecular formula is C19H15FN6O. The summed E-state index contributed by atoms with van der Waals surface area (Å²) in [6, 6.07) is 9.84. The highest BCUT2D eigenvalue weighted by Crippen LogP contribution is 2.27. The number of carbonyl (C=O) groups excluding carboxylic acids is 1. The maximum Gasteiger partial charge on any atom is 0.232 e. The van der Waals surface area contributed by atoms with Crippen LogP contribution in [0.1, 0.15) is 17.5 Å². The summed E-state index contributed by atoms with van der Waals surface area (Å²) in [4.78, 5) is 22.7. The van der Waals surface area contributed by atoms with Gasteiger partial charge in [-0.3, -0.25) is 14.7 Å². The number of amides is 1. The van der Waals surface area contributed by atoms with Crippen LogP contribution < -0.4 is 4.90 Å². The first kappa shape index (κ1) is 16.8. The van der Waals surface area contributed by atoms with E-state index in [1.54, 1.807) is 41.6 Å². The standard InChI is InChI=1S/C19H15FN6O/c20-16-10-12(1-2-15(16)11-21)9-14-5-8-26(18(14)27)19-23-17(24-25-19)13-3-6-22-7-4-13/h1-4,6-7,10,14H,5,8-9H2,(H,23,24,25)/t14-/m1/s1. The largest absolute Gasteiger partial charge is 0.281 e. The molecule has 1 fully saturated rings. The van der Waals surface area contributed by atoms with Crippen LogP contribution in [0.5, 0.6) is 0 Å². The number of aromatic nitrogens is 4. The van der Waals surface area contributed by atoms with Gasteiger partial charge in [-0.25, -0.2) is 9.49 Å². The molecule has 3 aromatic rings. The van der Waals surface area contributed by atoms with Crippen molar-refractivity contribution in [3.05, 3.63) is 59.7 Å². The zero-order chi connectivity index (χ0) is 18.8. The van der Waals surface area contributed by atoms with Gasteiger partial charge in [0, 0.05) is 30.4 Å². The fourth-order valence-corrected chi connectivity index (χ4v) is 3.20. The van der Waals surface area contributed by atoms with Gasteiger partial charge in [-0.1, -0.05) is 6.07 Å². The minimum Gasteiger partial charge on any atom is -0.281 e. The number of rotatable bonds is 4. The Balaban J connectivity index is 1.48. The number of H-pyrrole nitrogens is 1. The Labute approximate surface area is 154 Å². The topological polar surface area (TPSA) is 98.6 Å². The molecule has 1 aliphatic rings. The number of benzene rings is 1. The number of aromatic amines is 1. The lowest BCUT2D eigenvalue weighted by molar-refractivity contribution is -0.120. The van der Waals surface area contributed by atoms with Gasteiger partial charge in [0.15, 0.2) is 5.82 Å². The summed E-state index contributed by atoms with van der Waals surface area (Å²) >= 11 is 0. The molecule has 1 atom stereocenters. The van der Waals surface area contributed by atoms with Crippen LogP contribution in [0.4, 0.5) is 10.3 Å². The van der Waals surface area contributed by atoms with Gasteiger partial charge in [-0.2, -0.15) is 15.3 Å². The molecule has 1 N–H and O–H groups in total. The summed E-state index contributed by atoms with van der Waals surface area (Å²) in [5, 5.41) is 15.8. The lowest BCUT2D eigenvalue weighted by Gasteiger charge is -2.13. The zero-order valence-corrected chi connectivity index (χ0v) is 14.3. The van der Waals surface area contributed by atoms with Gasteiger partial charge >= 0.3 is 0 Å². The number of halogens is 1. The number of hydrogen-bond donors (Lipinski definition) is 1. The molecule has 0 bridgehead atoms. The van der Waals surface area contributed by atoms with Crippen molar-refractivity contribution in [1.29, 1.82) is 5.26 Å². The van der Waals surface area contributed by atoms with Gasteiger partial charge in [0.2, 0.25) is 11.9 Å². The molecule has 0 aliphatic carbocycles. The van der Waals surface area contributed by atoms with Crippen molar-refractivity contribution in [2.75, 3.05) is 11.4 Å². The second kappa shape index (κ2) is 6.96. The Kier molecular flexibility index (Phi) is 4.34. The van der Waals surface area contributed by atoms with Crippen molar-refractivity contribution < 1.29 is 9.18 Å². The molecule has 4 rings (SSSR count). The summed E-state index contributed by atoms with van der Waals surface area (Å²) in [6.45, 7) is 0.521. The Bertz CT molecular complexity index is 1030. The van der Waals surface area contributed by atoms with Crippen molar-refractivity contribution in [1.82, 2.24) is 20.2 Å². The number of carbonyl (C=O) groups is 1. The summed E-state index contributed by atoms with van der Waals surface area (Å²) < 4.78 is 13.8. The van der Waals surface area contributed by atoms with Crippen LogP contribution in [0.2, 0.25) is 0 Å². The Morgan fingerprint density at radius 2 is 2.11 bits per heavy atom. The van der Waals surface area contributed by atoms with Crippen LogP contribution in [0.3, 0.4) is 0 Å². The first-order valence-corrected chi connectivity index (χ1v) is 8.48. The second-order valence-corrected chi connectivity index (χ2v) is 6.32. The fourth-order valence-electron chi connectivity index (χ4n) is 3.20. The highest BCUT2D eigenvalue weighted by atomic mass is 19.1. The van der Waals surface area contributed by atoms with E-state index < -0.39 is 5.82 Å². The van der Waals surface area contributed by atoms with Crippen molar-refractivity contribution in [3.63, 3.8) is 0 Å². The second-order valence-electron chi connectivity index (χ2n) is 6.32. The third-order valence-electron chi connectivity index (χ3n) is 4.62. The van der Waals surface area contributed by atoms with Gasteiger partial charge in [0.05, 0.1) is 5.56 Å². The highest BCUT2D eigenvalue weighted by Gasteiger charge is 2.34. The van der Waals surface area contributed by atoms with Gasteiger partial charge < -0.3 is 0 Å². The van der Waals surface area contributed by atoms with Gasteiger partial charge in [-0.15, -0.1) is 0 Å². The van der Waals surface area contributed by atoms with Gasteiger partial charge in [0.1, 0.15) is 11.9 Å². The molecule has 1 saturated heterocycles. The number of nitriles is 1. The molecule has 8 heteroatoms. The molecule has 0 radical (unpaired) electrons. The lowest BCUT2D eigenvalue weighted by atomic mass is 9.97. The first-order valence-electron chi connectivity index (χ1n) is 8.48. The van der Waals surface area contributed by atoms with Crippen LogP contribution in [0.15, 0.2) is 42.7 Å². The van der Waals surface area contributed by atoms with E-state index in [4.69, 9.17) is 5.26 Å². The molecule has 2 aromatic heterocycles. The summed E-state index contributed by atoms with van der Waals surface area (Å²) in [5.41, 5.74) is 1.51. The van der Waals surface area contributed by atoms with Crippen molar-refractivity contribution in [2.45, 2.75) is 12.8 Å². The number of pyridine rings is 1. The molecule has 0 saturated carbocycles. The molecule has 134 valence electrons. The van der Waals surface area contributed by atoms with Crippen LogP contribution in [-0.4, -0.2) is 32.6 Å². The maximum atomic E-state index is 13.8. The number of anilines is 1. The molecule has 0 unspecified atom stereocenters. The molecule has 1 aliphatic heterocycles. The molecule has 1 amide bonds. The van der Waals surface area contributed by atoms with Crippen LogP contribution >= 0.6 is 0 Å². The lowest BCUT2D eigenvalue weighted by Crippen LogP contribution is -2.28. The number of nitrogens with zero attached hydrogens (tertiary/aromatic N) is 5. The van der Waals surface area contributed by atoms with Crippen LogP contribution in [0.25, 0.3) is 11.4 Å².